The van der Waals surface area contributed by atoms with Crippen molar-refractivity contribution in [2.24, 2.45) is 11.8 Å². The van der Waals surface area contributed by atoms with Gasteiger partial charge >= 0.3 is 0 Å². The van der Waals surface area contributed by atoms with Crippen LogP contribution in [0.5, 0.6) is 5.75 Å². The van der Waals surface area contributed by atoms with Gasteiger partial charge in [-0.1, -0.05) is 0 Å². The summed E-state index contributed by atoms with van der Waals surface area (Å²) in [5.41, 5.74) is 3.05. The van der Waals surface area contributed by atoms with Gasteiger partial charge in [-0.3, -0.25) is 14.6 Å². The molecular formula is C23H29N3O4. The number of ether oxygens (including phenoxy) is 1. The Kier molecular flexibility index (Phi) is 5.40. The van der Waals surface area contributed by atoms with Crippen molar-refractivity contribution in [1.29, 1.82) is 0 Å². The molecule has 160 valence electrons. The van der Waals surface area contributed by atoms with Crippen LogP contribution in [-0.4, -0.2) is 51.2 Å². The number of aliphatic hydroxyl groups excluding tert-OH is 1. The standard InChI is InChI=1S/C23H29N3O4/c1-12-7-14(3)25-22(28)21(12)23(29)26-10-16-8-18(27)20(9-17(16)11-26)30-19-6-5-13(2)24-15(19)4/h5-7,16-18,20,27H,8-11H2,1-4H3,(H,25,28)/t16-,17+,18+,20+/m0/s1. The van der Waals surface area contributed by atoms with Crippen LogP contribution in [0.4, 0.5) is 0 Å². The van der Waals surface area contributed by atoms with Crippen molar-refractivity contribution in [2.75, 3.05) is 13.1 Å². The number of likely N-dealkylation sites (tertiary alicyclic amines) is 1. The van der Waals surface area contributed by atoms with Crippen LogP contribution in [0.25, 0.3) is 0 Å². The second kappa shape index (κ2) is 7.87. The molecule has 1 amide bonds. The molecule has 7 heteroatoms. The fraction of sp³-hybridized carbons (Fsp3) is 0.522. The smallest absolute Gasteiger partial charge is 0.261 e. The Balaban J connectivity index is 1.48. The summed E-state index contributed by atoms with van der Waals surface area (Å²) in [7, 11) is 0. The van der Waals surface area contributed by atoms with Gasteiger partial charge < -0.3 is 19.7 Å². The number of carbonyl (C=O) groups excluding carboxylic acids is 1. The summed E-state index contributed by atoms with van der Waals surface area (Å²) >= 11 is 0. The molecule has 1 aliphatic heterocycles. The summed E-state index contributed by atoms with van der Waals surface area (Å²) in [6.45, 7) is 8.57. The van der Waals surface area contributed by atoms with E-state index in [1.807, 2.05) is 32.0 Å². The Hall–Kier alpha value is -2.67. The van der Waals surface area contributed by atoms with Gasteiger partial charge in [0.1, 0.15) is 17.4 Å². The molecule has 3 heterocycles. The number of carbonyl (C=O) groups is 1. The van der Waals surface area contributed by atoms with Gasteiger partial charge in [-0.05, 0) is 76.1 Å². The average molecular weight is 412 g/mol. The molecule has 4 atom stereocenters. The Morgan fingerprint density at radius 2 is 1.87 bits per heavy atom. The number of nitrogens with one attached hydrogen (secondary N) is 1. The highest BCUT2D eigenvalue weighted by Crippen LogP contribution is 2.38. The van der Waals surface area contributed by atoms with Crippen molar-refractivity contribution >= 4 is 5.91 Å². The molecule has 0 aromatic carbocycles. The van der Waals surface area contributed by atoms with E-state index in [4.69, 9.17) is 4.74 Å². The van der Waals surface area contributed by atoms with E-state index >= 15 is 0 Å². The first-order valence-corrected chi connectivity index (χ1v) is 10.5. The van der Waals surface area contributed by atoms with Gasteiger partial charge in [0.15, 0.2) is 0 Å². The van der Waals surface area contributed by atoms with E-state index in [-0.39, 0.29) is 35.0 Å². The van der Waals surface area contributed by atoms with Gasteiger partial charge in [-0.25, -0.2) is 0 Å². The number of rotatable bonds is 3. The number of H-pyrrole nitrogens is 1. The zero-order chi connectivity index (χ0) is 21.6. The molecule has 0 unspecified atom stereocenters. The number of aryl methyl sites for hydroxylation is 4. The number of aromatic nitrogens is 2. The molecule has 1 saturated carbocycles. The fourth-order valence-electron chi connectivity index (χ4n) is 4.92. The monoisotopic (exact) mass is 411 g/mol. The lowest BCUT2D eigenvalue weighted by Crippen LogP contribution is -2.42. The minimum absolute atomic E-state index is 0.214. The lowest BCUT2D eigenvalue weighted by molar-refractivity contribution is -0.0236. The van der Waals surface area contributed by atoms with E-state index < -0.39 is 6.10 Å². The second-order valence-electron chi connectivity index (χ2n) is 8.80. The first-order chi connectivity index (χ1) is 14.2. The Morgan fingerprint density at radius 3 is 2.53 bits per heavy atom. The Morgan fingerprint density at radius 1 is 1.17 bits per heavy atom. The summed E-state index contributed by atoms with van der Waals surface area (Å²) < 4.78 is 6.12. The third-order valence-corrected chi connectivity index (χ3v) is 6.41. The van der Waals surface area contributed by atoms with E-state index in [1.54, 1.807) is 18.7 Å². The van der Waals surface area contributed by atoms with Crippen molar-refractivity contribution < 1.29 is 14.6 Å². The molecule has 4 rings (SSSR count). The summed E-state index contributed by atoms with van der Waals surface area (Å²) in [6.07, 6.45) is 0.341. The van der Waals surface area contributed by atoms with E-state index in [0.29, 0.717) is 37.2 Å². The van der Waals surface area contributed by atoms with E-state index in [1.165, 1.54) is 0 Å². The molecule has 0 spiro atoms. The molecule has 30 heavy (non-hydrogen) atoms. The number of aromatic amines is 1. The molecule has 1 saturated heterocycles. The van der Waals surface area contributed by atoms with Crippen molar-refractivity contribution in [2.45, 2.75) is 52.7 Å². The Labute approximate surface area is 176 Å². The minimum atomic E-state index is -0.591. The molecule has 1 aliphatic carbocycles. The van der Waals surface area contributed by atoms with Gasteiger partial charge in [0.25, 0.3) is 11.5 Å². The number of pyridine rings is 2. The molecule has 2 N–H and O–H groups in total. The predicted octanol–water partition coefficient (Wildman–Crippen LogP) is 2.29. The zero-order valence-electron chi connectivity index (χ0n) is 17.9. The van der Waals surface area contributed by atoms with Gasteiger partial charge in [-0.15, -0.1) is 0 Å². The van der Waals surface area contributed by atoms with Crippen LogP contribution in [-0.2, 0) is 0 Å². The molecule has 2 fully saturated rings. The van der Waals surface area contributed by atoms with Crippen molar-refractivity contribution in [3.05, 3.63) is 56.8 Å². The van der Waals surface area contributed by atoms with Crippen molar-refractivity contribution in [1.82, 2.24) is 14.9 Å². The van der Waals surface area contributed by atoms with E-state index in [0.717, 1.165) is 17.1 Å². The fourth-order valence-corrected chi connectivity index (χ4v) is 4.92. The molecule has 2 aromatic heterocycles. The minimum Gasteiger partial charge on any atom is -0.486 e. The zero-order valence-corrected chi connectivity index (χ0v) is 17.9. The predicted molar refractivity (Wildman–Crippen MR) is 113 cm³/mol. The maximum Gasteiger partial charge on any atom is 0.261 e. The average Bonchev–Trinajstić information content (AvgIpc) is 3.06. The third-order valence-electron chi connectivity index (χ3n) is 6.41. The molecule has 2 aliphatic rings. The number of fused-ring (bicyclic) bond motifs is 1. The van der Waals surface area contributed by atoms with Crippen LogP contribution < -0.4 is 10.3 Å². The molecule has 2 aromatic rings. The second-order valence-corrected chi connectivity index (χ2v) is 8.80. The van der Waals surface area contributed by atoms with Gasteiger partial charge in [0.2, 0.25) is 0 Å². The van der Waals surface area contributed by atoms with Crippen LogP contribution in [0.1, 0.15) is 45.8 Å². The first kappa shape index (κ1) is 20.6. The van der Waals surface area contributed by atoms with E-state index in [2.05, 4.69) is 9.97 Å². The summed E-state index contributed by atoms with van der Waals surface area (Å²) in [6, 6.07) is 5.62. The van der Waals surface area contributed by atoms with Gasteiger partial charge in [0.05, 0.1) is 11.8 Å². The lowest BCUT2D eigenvalue weighted by atomic mass is 9.78. The van der Waals surface area contributed by atoms with Crippen LogP contribution in [0.15, 0.2) is 23.0 Å². The van der Waals surface area contributed by atoms with Crippen molar-refractivity contribution in [3.8, 4) is 5.75 Å². The highest BCUT2D eigenvalue weighted by Gasteiger charge is 2.44. The normalized spacial score (nSPS) is 25.8. The van der Waals surface area contributed by atoms with Crippen molar-refractivity contribution in [3.63, 3.8) is 0 Å². The van der Waals surface area contributed by atoms with Gasteiger partial charge in [0, 0.05) is 24.5 Å². The first-order valence-electron chi connectivity index (χ1n) is 10.5. The summed E-state index contributed by atoms with van der Waals surface area (Å²) in [5.74, 6) is 0.918. The topological polar surface area (TPSA) is 95.5 Å². The number of aliphatic hydroxyl groups is 1. The molecule has 7 nitrogen and oxygen atoms in total. The summed E-state index contributed by atoms with van der Waals surface area (Å²) in [5, 5.41) is 10.7. The quantitative estimate of drug-likeness (QED) is 0.808. The highest BCUT2D eigenvalue weighted by molar-refractivity contribution is 5.95. The SMILES string of the molecule is Cc1ccc(O[C@@H]2C[C@@H]3CN(C(=O)c4c(C)cc(C)[nH]c4=O)C[C@@H]3C[C@H]2O)c(C)n1. The Bertz CT molecular complexity index is 1030. The summed E-state index contributed by atoms with van der Waals surface area (Å²) in [4.78, 5) is 34.4. The maximum absolute atomic E-state index is 13.1. The van der Waals surface area contributed by atoms with Crippen LogP contribution in [0.2, 0.25) is 0 Å². The molecule has 0 bridgehead atoms. The number of amides is 1. The van der Waals surface area contributed by atoms with Gasteiger partial charge in [-0.2, -0.15) is 0 Å². The highest BCUT2D eigenvalue weighted by atomic mass is 16.5. The molecular weight excluding hydrogens is 382 g/mol. The van der Waals surface area contributed by atoms with E-state index in [9.17, 15) is 14.7 Å². The van der Waals surface area contributed by atoms with Crippen LogP contribution >= 0.6 is 0 Å². The van der Waals surface area contributed by atoms with Crippen LogP contribution in [0.3, 0.4) is 0 Å². The number of hydrogen-bond donors (Lipinski definition) is 2. The number of hydrogen-bond acceptors (Lipinski definition) is 5. The lowest BCUT2D eigenvalue weighted by Gasteiger charge is -2.35. The van der Waals surface area contributed by atoms with Crippen LogP contribution in [0, 0.1) is 39.5 Å². The maximum atomic E-state index is 13.1. The molecule has 0 radical (unpaired) electrons. The largest absolute Gasteiger partial charge is 0.486 e. The third kappa shape index (κ3) is 3.86. The number of nitrogens with zero attached hydrogens (tertiary/aromatic N) is 2.